The molecule has 0 radical (unpaired) electrons. The van der Waals surface area contributed by atoms with E-state index in [-0.39, 0.29) is 19.6 Å². The molecule has 1 saturated heterocycles. The lowest BCUT2D eigenvalue weighted by Crippen LogP contribution is -2.57. The first-order chi connectivity index (χ1) is 15.4. The smallest absolute Gasteiger partial charge is 0.434 e. The maximum absolute atomic E-state index is 12.8. The third kappa shape index (κ3) is 6.84. The SMILES string of the molecule is O=C(OC(C(F)(F)F)C(F)(F)F)C1CNCCN1Cc1ccc(Br)cc1Oc1ccccc1. The fourth-order valence-corrected chi connectivity index (χ4v) is 3.61. The first-order valence-corrected chi connectivity index (χ1v) is 10.5. The average molecular weight is 541 g/mol. The fraction of sp³-hybridized carbons (Fsp3) is 0.381. The van der Waals surface area contributed by atoms with Gasteiger partial charge in [-0.1, -0.05) is 40.2 Å². The molecule has 0 aromatic heterocycles. The van der Waals surface area contributed by atoms with E-state index in [1.165, 1.54) is 4.90 Å². The highest BCUT2D eigenvalue weighted by atomic mass is 79.9. The van der Waals surface area contributed by atoms with Gasteiger partial charge in [-0.25, -0.2) is 0 Å². The molecule has 0 aliphatic carbocycles. The molecule has 1 fully saturated rings. The van der Waals surface area contributed by atoms with Crippen molar-refractivity contribution in [3.05, 3.63) is 58.6 Å². The maximum atomic E-state index is 12.8. The van der Waals surface area contributed by atoms with Crippen molar-refractivity contribution in [3.63, 3.8) is 0 Å². The molecule has 33 heavy (non-hydrogen) atoms. The molecule has 5 nitrogen and oxygen atoms in total. The molecule has 2 aromatic rings. The topological polar surface area (TPSA) is 50.8 Å². The van der Waals surface area contributed by atoms with Crippen LogP contribution in [-0.4, -0.2) is 55.0 Å². The van der Waals surface area contributed by atoms with Crippen LogP contribution in [0.4, 0.5) is 26.3 Å². The molecule has 1 unspecified atom stereocenters. The van der Waals surface area contributed by atoms with E-state index in [4.69, 9.17) is 4.74 Å². The Bertz CT molecular complexity index is 941. The van der Waals surface area contributed by atoms with Crippen molar-refractivity contribution < 1.29 is 40.6 Å². The number of nitrogens with one attached hydrogen (secondary N) is 1. The van der Waals surface area contributed by atoms with Crippen molar-refractivity contribution in [1.29, 1.82) is 0 Å². The zero-order chi connectivity index (χ0) is 24.2. The Labute approximate surface area is 193 Å². The summed E-state index contributed by atoms with van der Waals surface area (Å²) < 4.78 is 87.5. The summed E-state index contributed by atoms with van der Waals surface area (Å²) in [4.78, 5) is 13.9. The number of nitrogens with zero attached hydrogens (tertiary/aromatic N) is 1. The van der Waals surface area contributed by atoms with E-state index in [0.29, 0.717) is 28.1 Å². The van der Waals surface area contributed by atoms with Crippen LogP contribution in [0.15, 0.2) is 53.0 Å². The van der Waals surface area contributed by atoms with E-state index in [1.54, 1.807) is 48.5 Å². The van der Waals surface area contributed by atoms with Gasteiger partial charge in [-0.15, -0.1) is 0 Å². The van der Waals surface area contributed by atoms with Gasteiger partial charge in [0.1, 0.15) is 17.5 Å². The van der Waals surface area contributed by atoms with Crippen LogP contribution in [0.2, 0.25) is 0 Å². The standard InChI is InChI=1S/C21H19BrF6N2O3/c22-14-7-6-13(17(10-14)32-15-4-2-1-3-5-15)12-30-9-8-29-11-16(30)18(31)33-19(20(23,24)25)21(26,27)28/h1-7,10,16,19,29H,8-9,11-12H2. The van der Waals surface area contributed by atoms with Crippen LogP contribution < -0.4 is 10.1 Å². The van der Waals surface area contributed by atoms with Crippen molar-refractivity contribution in [1.82, 2.24) is 10.2 Å². The molecule has 180 valence electrons. The molecule has 0 bridgehead atoms. The number of piperazine rings is 1. The minimum absolute atomic E-state index is 0.0413. The zero-order valence-corrected chi connectivity index (χ0v) is 18.5. The highest BCUT2D eigenvalue weighted by molar-refractivity contribution is 9.10. The Morgan fingerprint density at radius 1 is 1.09 bits per heavy atom. The lowest BCUT2D eigenvalue weighted by molar-refractivity contribution is -0.314. The maximum Gasteiger partial charge on any atom is 0.434 e. The molecule has 12 heteroatoms. The second-order valence-electron chi connectivity index (χ2n) is 7.26. The number of esters is 1. The van der Waals surface area contributed by atoms with Gasteiger partial charge >= 0.3 is 18.3 Å². The summed E-state index contributed by atoms with van der Waals surface area (Å²) >= 11 is 3.34. The lowest BCUT2D eigenvalue weighted by Gasteiger charge is -2.36. The zero-order valence-electron chi connectivity index (χ0n) is 16.9. The van der Waals surface area contributed by atoms with Crippen LogP contribution in [0.3, 0.4) is 0 Å². The van der Waals surface area contributed by atoms with E-state index >= 15 is 0 Å². The Kier molecular flexibility index (Phi) is 7.91. The second kappa shape index (κ2) is 10.3. The predicted molar refractivity (Wildman–Crippen MR) is 110 cm³/mol. The van der Waals surface area contributed by atoms with Crippen LogP contribution in [0.1, 0.15) is 5.56 Å². The van der Waals surface area contributed by atoms with E-state index in [1.807, 2.05) is 0 Å². The first kappa shape index (κ1) is 25.3. The van der Waals surface area contributed by atoms with Crippen molar-refractivity contribution in [3.8, 4) is 11.5 Å². The molecule has 0 spiro atoms. The van der Waals surface area contributed by atoms with E-state index in [9.17, 15) is 31.1 Å². The minimum Gasteiger partial charge on any atom is -0.457 e. The minimum atomic E-state index is -5.77. The van der Waals surface area contributed by atoms with Crippen LogP contribution in [0.5, 0.6) is 11.5 Å². The summed E-state index contributed by atoms with van der Waals surface area (Å²) in [5, 5.41) is 2.80. The van der Waals surface area contributed by atoms with E-state index in [0.717, 1.165) is 0 Å². The van der Waals surface area contributed by atoms with Gasteiger partial charge in [-0.3, -0.25) is 9.69 Å². The predicted octanol–water partition coefficient (Wildman–Crippen LogP) is 5.05. The molecule has 0 amide bonds. The Balaban J connectivity index is 1.80. The van der Waals surface area contributed by atoms with Gasteiger partial charge in [0.2, 0.25) is 0 Å². The van der Waals surface area contributed by atoms with Crippen molar-refractivity contribution in [2.75, 3.05) is 19.6 Å². The third-order valence-corrected chi connectivity index (χ3v) is 5.32. The first-order valence-electron chi connectivity index (χ1n) is 9.75. The molecule has 3 rings (SSSR count). The van der Waals surface area contributed by atoms with Crippen LogP contribution in [-0.2, 0) is 16.1 Å². The second-order valence-corrected chi connectivity index (χ2v) is 8.17. The summed E-state index contributed by atoms with van der Waals surface area (Å²) in [5.74, 6) is -0.652. The Hall–Kier alpha value is -2.31. The average Bonchev–Trinajstić information content (AvgIpc) is 2.73. The molecule has 0 saturated carbocycles. The van der Waals surface area contributed by atoms with Crippen molar-refractivity contribution in [2.24, 2.45) is 0 Å². The van der Waals surface area contributed by atoms with Gasteiger partial charge in [0, 0.05) is 36.2 Å². The van der Waals surface area contributed by atoms with Gasteiger partial charge in [0.15, 0.2) is 0 Å². The third-order valence-electron chi connectivity index (χ3n) is 4.83. The number of carbonyl (C=O) groups is 1. The van der Waals surface area contributed by atoms with Gasteiger partial charge in [-0.05, 0) is 24.3 Å². The summed E-state index contributed by atoms with van der Waals surface area (Å²) in [5.41, 5.74) is 0.588. The molecule has 1 aliphatic rings. The number of hydrogen-bond acceptors (Lipinski definition) is 5. The number of benzene rings is 2. The number of halogens is 7. The van der Waals surface area contributed by atoms with E-state index < -0.39 is 30.5 Å². The molecule has 1 aliphatic heterocycles. The van der Waals surface area contributed by atoms with Gasteiger partial charge in [0.05, 0.1) is 0 Å². The van der Waals surface area contributed by atoms with Crippen molar-refractivity contribution >= 4 is 21.9 Å². The number of hydrogen-bond donors (Lipinski definition) is 1. The molecular formula is C21H19BrF6N2O3. The van der Waals surface area contributed by atoms with Gasteiger partial charge < -0.3 is 14.8 Å². The van der Waals surface area contributed by atoms with Crippen LogP contribution in [0.25, 0.3) is 0 Å². The molecule has 1 N–H and O–H groups in total. The van der Waals surface area contributed by atoms with Gasteiger partial charge in [0.25, 0.3) is 6.10 Å². The molecular weight excluding hydrogens is 522 g/mol. The molecule has 1 atom stereocenters. The Morgan fingerprint density at radius 2 is 1.76 bits per heavy atom. The number of para-hydroxylation sites is 1. The van der Waals surface area contributed by atoms with Gasteiger partial charge in [-0.2, -0.15) is 26.3 Å². The summed E-state index contributed by atoms with van der Waals surface area (Å²) in [6.45, 7) is 0.465. The molecule has 1 heterocycles. The fourth-order valence-electron chi connectivity index (χ4n) is 3.27. The number of ether oxygens (including phenoxy) is 2. The van der Waals surface area contributed by atoms with Crippen LogP contribution >= 0.6 is 15.9 Å². The number of alkyl halides is 6. The summed E-state index contributed by atoms with van der Waals surface area (Å²) in [6, 6.07) is 12.5. The quantitative estimate of drug-likeness (QED) is 0.410. The summed E-state index contributed by atoms with van der Waals surface area (Å²) in [7, 11) is 0. The van der Waals surface area contributed by atoms with E-state index in [2.05, 4.69) is 26.0 Å². The van der Waals surface area contributed by atoms with Crippen molar-refractivity contribution in [2.45, 2.75) is 31.0 Å². The molecule has 2 aromatic carbocycles. The largest absolute Gasteiger partial charge is 0.457 e. The monoisotopic (exact) mass is 540 g/mol. The lowest BCUT2D eigenvalue weighted by atomic mass is 10.1. The number of rotatable bonds is 6. The number of carbonyl (C=O) groups excluding carboxylic acids is 1. The summed E-state index contributed by atoms with van der Waals surface area (Å²) in [6.07, 6.45) is -15.7. The Morgan fingerprint density at radius 3 is 2.39 bits per heavy atom. The normalized spacial score (nSPS) is 17.8. The highest BCUT2D eigenvalue weighted by Crippen LogP contribution is 2.36. The van der Waals surface area contributed by atoms with Crippen LogP contribution in [0, 0.1) is 0 Å². The highest BCUT2D eigenvalue weighted by Gasteiger charge is 2.60.